The number of nitrogens with zero attached hydrogens (tertiary/aromatic N) is 4. The molecular formula is C20H16FN5O3. The lowest BCUT2D eigenvalue weighted by Crippen LogP contribution is -2.33. The van der Waals surface area contributed by atoms with Gasteiger partial charge in [-0.15, -0.1) is 0 Å². The number of carbonyl (C=O) groups is 2. The largest absolute Gasteiger partial charge is 0.442 e. The average Bonchev–Trinajstić information content (AvgIpc) is 3.28. The molecule has 0 bridgehead atoms. The van der Waals surface area contributed by atoms with E-state index in [0.29, 0.717) is 28.2 Å². The van der Waals surface area contributed by atoms with E-state index in [9.17, 15) is 14.0 Å². The molecule has 8 nitrogen and oxygen atoms in total. The number of carbonyl (C=O) groups excluding carboxylic acids is 2. The molecule has 1 aliphatic heterocycles. The number of imidazole rings is 1. The van der Waals surface area contributed by atoms with Crippen molar-refractivity contribution < 1.29 is 18.7 Å². The fourth-order valence-corrected chi connectivity index (χ4v) is 3.22. The van der Waals surface area contributed by atoms with E-state index in [1.807, 2.05) is 6.07 Å². The van der Waals surface area contributed by atoms with Crippen LogP contribution in [0.4, 0.5) is 14.9 Å². The molecule has 3 heterocycles. The molecule has 0 spiro atoms. The molecule has 1 saturated heterocycles. The summed E-state index contributed by atoms with van der Waals surface area (Å²) >= 11 is 0. The SMILES string of the molecule is CC(=O)NC[C@H]1CN(c2ccc(-c3ccc4ncc(C#N)n4c3)c(F)c2)C(=O)O1. The standard InChI is InChI=1S/C20H16FN5O3/c1-12(27)23-9-16-11-26(20(28)29-16)14-3-4-17(18(21)6-14)13-2-5-19-24-8-15(7-22)25(19)10-13/h2-6,8,10,16H,9,11H2,1H3,(H,23,27)/t16-/m0/s1. The van der Waals surface area contributed by atoms with Gasteiger partial charge >= 0.3 is 6.09 Å². The lowest BCUT2D eigenvalue weighted by atomic mass is 10.1. The van der Waals surface area contributed by atoms with Gasteiger partial charge in [-0.3, -0.25) is 14.1 Å². The van der Waals surface area contributed by atoms with E-state index in [2.05, 4.69) is 10.3 Å². The van der Waals surface area contributed by atoms with Crippen LogP contribution in [0.3, 0.4) is 0 Å². The summed E-state index contributed by atoms with van der Waals surface area (Å²) in [6.07, 6.45) is 2.01. The Labute approximate surface area is 165 Å². The van der Waals surface area contributed by atoms with Crippen molar-refractivity contribution in [2.24, 2.45) is 0 Å². The van der Waals surface area contributed by atoms with E-state index < -0.39 is 18.0 Å². The highest BCUT2D eigenvalue weighted by Gasteiger charge is 2.32. The normalized spacial score (nSPS) is 16.0. The Balaban J connectivity index is 1.59. The number of fused-ring (bicyclic) bond motifs is 1. The van der Waals surface area contributed by atoms with Crippen molar-refractivity contribution in [1.29, 1.82) is 5.26 Å². The van der Waals surface area contributed by atoms with Gasteiger partial charge in [0.05, 0.1) is 25.0 Å². The molecule has 2 amide bonds. The van der Waals surface area contributed by atoms with Gasteiger partial charge in [0.2, 0.25) is 5.91 Å². The first kappa shape index (κ1) is 18.4. The minimum Gasteiger partial charge on any atom is -0.442 e. The van der Waals surface area contributed by atoms with Gasteiger partial charge in [0.1, 0.15) is 29.3 Å². The molecule has 1 fully saturated rings. The van der Waals surface area contributed by atoms with Crippen molar-refractivity contribution in [3.63, 3.8) is 0 Å². The predicted octanol–water partition coefficient (Wildman–Crippen LogP) is 2.47. The third-order valence-electron chi connectivity index (χ3n) is 4.65. The summed E-state index contributed by atoms with van der Waals surface area (Å²) in [6, 6.07) is 9.92. The van der Waals surface area contributed by atoms with E-state index in [1.54, 1.807) is 34.9 Å². The average molecular weight is 393 g/mol. The third kappa shape index (κ3) is 3.48. The molecule has 1 N–H and O–H groups in total. The topological polar surface area (TPSA) is 99.7 Å². The molecule has 0 saturated carbocycles. The zero-order valence-electron chi connectivity index (χ0n) is 15.4. The van der Waals surface area contributed by atoms with Crippen molar-refractivity contribution in [3.05, 3.63) is 54.2 Å². The van der Waals surface area contributed by atoms with Crippen molar-refractivity contribution in [2.75, 3.05) is 18.0 Å². The summed E-state index contributed by atoms with van der Waals surface area (Å²) in [5.41, 5.74) is 2.21. The van der Waals surface area contributed by atoms with Gasteiger partial charge in [0.25, 0.3) is 0 Å². The third-order valence-corrected chi connectivity index (χ3v) is 4.65. The summed E-state index contributed by atoms with van der Waals surface area (Å²) in [7, 11) is 0. The van der Waals surface area contributed by atoms with Crippen molar-refractivity contribution in [1.82, 2.24) is 14.7 Å². The Hall–Kier alpha value is -3.93. The summed E-state index contributed by atoms with van der Waals surface area (Å²) in [5.74, 6) is -0.733. The molecule has 4 rings (SSSR count). The minimum absolute atomic E-state index is 0.199. The number of benzene rings is 1. The molecule has 29 heavy (non-hydrogen) atoms. The van der Waals surface area contributed by atoms with Gasteiger partial charge in [-0.05, 0) is 30.3 Å². The summed E-state index contributed by atoms with van der Waals surface area (Å²) < 4.78 is 21.6. The number of cyclic esters (lactones) is 1. The molecule has 2 aromatic heterocycles. The predicted molar refractivity (Wildman–Crippen MR) is 102 cm³/mol. The number of nitriles is 1. The van der Waals surface area contributed by atoms with Gasteiger partial charge in [-0.25, -0.2) is 14.2 Å². The van der Waals surface area contributed by atoms with Crippen LogP contribution in [-0.4, -0.2) is 40.6 Å². The summed E-state index contributed by atoms with van der Waals surface area (Å²) in [4.78, 5) is 28.6. The monoisotopic (exact) mass is 393 g/mol. The maximum atomic E-state index is 14.9. The zero-order valence-corrected chi connectivity index (χ0v) is 15.4. The number of nitrogens with one attached hydrogen (secondary N) is 1. The second-order valence-electron chi connectivity index (χ2n) is 6.62. The zero-order chi connectivity index (χ0) is 20.5. The van der Waals surface area contributed by atoms with Gasteiger partial charge in [0, 0.05) is 24.2 Å². The van der Waals surface area contributed by atoms with Crippen LogP contribution in [0.15, 0.2) is 42.7 Å². The number of hydrogen-bond donors (Lipinski definition) is 1. The van der Waals surface area contributed by atoms with Crippen LogP contribution in [0.1, 0.15) is 12.6 Å². The Morgan fingerprint density at radius 1 is 1.41 bits per heavy atom. The van der Waals surface area contributed by atoms with E-state index in [1.165, 1.54) is 24.1 Å². The molecule has 1 aliphatic rings. The van der Waals surface area contributed by atoms with Crippen LogP contribution in [0.2, 0.25) is 0 Å². The fraction of sp³-hybridized carbons (Fsp3) is 0.200. The van der Waals surface area contributed by atoms with Crippen LogP contribution < -0.4 is 10.2 Å². The van der Waals surface area contributed by atoms with E-state index in [4.69, 9.17) is 10.00 Å². The number of rotatable bonds is 4. The minimum atomic E-state index is -0.592. The van der Waals surface area contributed by atoms with Crippen LogP contribution in [0, 0.1) is 17.1 Å². The highest BCUT2D eigenvalue weighted by molar-refractivity contribution is 5.90. The molecule has 1 atom stereocenters. The maximum Gasteiger partial charge on any atom is 0.414 e. The number of ether oxygens (including phenoxy) is 1. The van der Waals surface area contributed by atoms with Crippen LogP contribution in [0.5, 0.6) is 0 Å². The lowest BCUT2D eigenvalue weighted by Gasteiger charge is -2.14. The first-order valence-electron chi connectivity index (χ1n) is 8.86. The maximum absolute atomic E-state index is 14.9. The number of anilines is 1. The first-order valence-corrected chi connectivity index (χ1v) is 8.86. The molecule has 0 radical (unpaired) electrons. The smallest absolute Gasteiger partial charge is 0.414 e. The second kappa shape index (κ2) is 7.24. The first-order chi connectivity index (χ1) is 14.0. The van der Waals surface area contributed by atoms with E-state index in [0.717, 1.165) is 0 Å². The van der Waals surface area contributed by atoms with Crippen molar-refractivity contribution in [3.8, 4) is 17.2 Å². The highest BCUT2D eigenvalue weighted by Crippen LogP contribution is 2.29. The van der Waals surface area contributed by atoms with Crippen LogP contribution >= 0.6 is 0 Å². The Bertz CT molecular complexity index is 1170. The Morgan fingerprint density at radius 2 is 2.24 bits per heavy atom. The number of hydrogen-bond acceptors (Lipinski definition) is 5. The lowest BCUT2D eigenvalue weighted by molar-refractivity contribution is -0.119. The number of pyridine rings is 1. The van der Waals surface area contributed by atoms with E-state index >= 15 is 0 Å². The quantitative estimate of drug-likeness (QED) is 0.734. The van der Waals surface area contributed by atoms with Crippen molar-refractivity contribution >= 4 is 23.3 Å². The van der Waals surface area contributed by atoms with Gasteiger partial charge in [-0.2, -0.15) is 5.26 Å². The second-order valence-corrected chi connectivity index (χ2v) is 6.62. The fourth-order valence-electron chi connectivity index (χ4n) is 3.22. The molecular weight excluding hydrogens is 377 g/mol. The molecule has 1 aromatic carbocycles. The van der Waals surface area contributed by atoms with Gasteiger partial charge in [-0.1, -0.05) is 0 Å². The molecule has 0 aliphatic carbocycles. The van der Waals surface area contributed by atoms with Crippen LogP contribution in [0.25, 0.3) is 16.8 Å². The highest BCUT2D eigenvalue weighted by atomic mass is 19.1. The molecule has 0 unspecified atom stereocenters. The molecule has 9 heteroatoms. The van der Waals surface area contributed by atoms with Crippen LogP contribution in [-0.2, 0) is 9.53 Å². The Morgan fingerprint density at radius 3 is 2.97 bits per heavy atom. The summed E-state index contributed by atoms with van der Waals surface area (Å²) in [6.45, 7) is 1.79. The van der Waals surface area contributed by atoms with Crippen molar-refractivity contribution in [2.45, 2.75) is 13.0 Å². The van der Waals surface area contributed by atoms with Gasteiger partial charge < -0.3 is 10.1 Å². The Kier molecular flexibility index (Phi) is 4.60. The summed E-state index contributed by atoms with van der Waals surface area (Å²) in [5, 5.41) is 11.8. The molecule has 3 aromatic rings. The number of halogens is 1. The van der Waals surface area contributed by atoms with Gasteiger partial charge in [0.15, 0.2) is 0 Å². The number of amides is 2. The number of aromatic nitrogens is 2. The molecule has 146 valence electrons. The van der Waals surface area contributed by atoms with E-state index in [-0.39, 0.29) is 19.0 Å².